The Bertz CT molecular complexity index is 1180. The zero-order valence-electron chi connectivity index (χ0n) is 18.5. The topological polar surface area (TPSA) is 114 Å². The first-order valence-corrected chi connectivity index (χ1v) is 10.8. The Morgan fingerprint density at radius 3 is 2.53 bits per heavy atom. The highest BCUT2D eigenvalue weighted by Crippen LogP contribution is 2.22. The molecule has 3 aromatic carbocycles. The Kier molecular flexibility index (Phi) is 8.75. The third-order valence-corrected chi connectivity index (χ3v) is 5.11. The number of aliphatic hydroxyl groups excluding tert-OH is 1. The van der Waals surface area contributed by atoms with Crippen LogP contribution in [0.15, 0.2) is 71.8 Å². The second-order valence-electron chi connectivity index (χ2n) is 7.60. The van der Waals surface area contributed by atoms with E-state index in [9.17, 15) is 14.7 Å². The van der Waals surface area contributed by atoms with Gasteiger partial charge in [-0.25, -0.2) is 5.43 Å². The number of halogens is 1. The molecule has 0 spiro atoms. The molecule has 0 fully saturated rings. The lowest BCUT2D eigenvalue weighted by atomic mass is 10.1. The lowest BCUT2D eigenvalue weighted by Crippen LogP contribution is -2.22. The van der Waals surface area contributed by atoms with E-state index in [-0.39, 0.29) is 29.5 Å². The fourth-order valence-corrected chi connectivity index (χ4v) is 3.33. The number of amides is 2. The van der Waals surface area contributed by atoms with Crippen molar-refractivity contribution >= 4 is 35.3 Å². The van der Waals surface area contributed by atoms with Crippen molar-refractivity contribution in [3.8, 4) is 5.75 Å². The second kappa shape index (κ2) is 11.9. The molecule has 0 atom stereocenters. The van der Waals surface area contributed by atoms with Crippen LogP contribution in [0.2, 0.25) is 5.02 Å². The number of rotatable bonds is 9. The molecule has 34 heavy (non-hydrogen) atoms. The molecule has 0 bridgehead atoms. The molecule has 0 saturated carbocycles. The molecule has 0 radical (unpaired) electrons. The van der Waals surface area contributed by atoms with Gasteiger partial charge in [-0.3, -0.25) is 14.5 Å². The lowest BCUT2D eigenvalue weighted by molar-refractivity contribution is 0.0956. The maximum Gasteiger partial charge on any atom is 0.273 e. The maximum absolute atomic E-state index is 12.8. The van der Waals surface area contributed by atoms with E-state index in [0.717, 1.165) is 5.56 Å². The van der Waals surface area contributed by atoms with E-state index in [1.54, 1.807) is 36.4 Å². The van der Waals surface area contributed by atoms with Gasteiger partial charge in [0.25, 0.3) is 11.8 Å². The quantitative estimate of drug-likeness (QED) is 0.276. The normalized spacial score (nSPS) is 11.1. The van der Waals surface area contributed by atoms with Crippen molar-refractivity contribution in [2.45, 2.75) is 6.54 Å². The largest absolute Gasteiger partial charge is 0.508 e. The number of benzene rings is 3. The minimum absolute atomic E-state index is 0.0785. The zero-order valence-corrected chi connectivity index (χ0v) is 19.3. The minimum Gasteiger partial charge on any atom is -0.508 e. The number of hydrazone groups is 1. The van der Waals surface area contributed by atoms with E-state index in [1.807, 2.05) is 24.1 Å². The summed E-state index contributed by atoms with van der Waals surface area (Å²) in [6.07, 6.45) is 1.39. The molecule has 3 rings (SSSR count). The summed E-state index contributed by atoms with van der Waals surface area (Å²) in [5.74, 6) is -0.855. The molecule has 0 aliphatic heterocycles. The predicted octanol–water partition coefficient (Wildman–Crippen LogP) is 3.49. The highest BCUT2D eigenvalue weighted by molar-refractivity contribution is 6.31. The molecule has 2 amide bonds. The second-order valence-corrected chi connectivity index (χ2v) is 8.03. The first-order chi connectivity index (χ1) is 16.4. The Hall–Kier alpha value is -3.72. The number of phenols is 1. The van der Waals surface area contributed by atoms with Crippen LogP contribution < -0.4 is 10.7 Å². The average Bonchev–Trinajstić information content (AvgIpc) is 2.81. The van der Waals surface area contributed by atoms with Gasteiger partial charge in [-0.05, 0) is 60.6 Å². The number of likely N-dealkylation sites (N-methyl/N-ethyl adjacent to an activating group) is 1. The van der Waals surface area contributed by atoms with Crippen molar-refractivity contribution < 1.29 is 19.8 Å². The van der Waals surface area contributed by atoms with Gasteiger partial charge in [0.1, 0.15) is 5.75 Å². The van der Waals surface area contributed by atoms with Crippen molar-refractivity contribution in [3.05, 3.63) is 94.0 Å². The van der Waals surface area contributed by atoms with Crippen LogP contribution in [-0.2, 0) is 6.54 Å². The van der Waals surface area contributed by atoms with Crippen LogP contribution in [-0.4, -0.2) is 53.3 Å². The van der Waals surface area contributed by atoms with Crippen LogP contribution in [0.3, 0.4) is 0 Å². The van der Waals surface area contributed by atoms with Gasteiger partial charge in [-0.1, -0.05) is 35.9 Å². The number of hydrogen-bond donors (Lipinski definition) is 4. The Morgan fingerprint density at radius 2 is 1.82 bits per heavy atom. The SMILES string of the molecule is CN(CCO)Cc1ccc(C(=O)Nc2ccc(Cl)cc2C(=O)NN=Cc2cccc(O)c2)cc1. The molecule has 9 heteroatoms. The number of aromatic hydroxyl groups is 1. The van der Waals surface area contributed by atoms with Crippen molar-refractivity contribution in [2.75, 3.05) is 25.5 Å². The monoisotopic (exact) mass is 480 g/mol. The Morgan fingerprint density at radius 1 is 1.06 bits per heavy atom. The summed E-state index contributed by atoms with van der Waals surface area (Å²) in [5, 5.41) is 25.5. The molecule has 0 heterocycles. The number of nitrogens with one attached hydrogen (secondary N) is 2. The molecular weight excluding hydrogens is 456 g/mol. The van der Waals surface area contributed by atoms with E-state index >= 15 is 0 Å². The van der Waals surface area contributed by atoms with Gasteiger partial charge in [0, 0.05) is 23.7 Å². The minimum atomic E-state index is -0.559. The van der Waals surface area contributed by atoms with Crippen molar-refractivity contribution in [1.82, 2.24) is 10.3 Å². The van der Waals surface area contributed by atoms with Gasteiger partial charge >= 0.3 is 0 Å². The first kappa shape index (κ1) is 24.9. The molecular formula is C25H25ClN4O4. The molecule has 0 aliphatic rings. The zero-order chi connectivity index (χ0) is 24.5. The van der Waals surface area contributed by atoms with Gasteiger partial charge in [0.05, 0.1) is 24.1 Å². The Balaban J connectivity index is 1.69. The summed E-state index contributed by atoms with van der Waals surface area (Å²) in [5.41, 5.74) is 4.87. The van der Waals surface area contributed by atoms with Crippen LogP contribution in [0.4, 0.5) is 5.69 Å². The van der Waals surface area contributed by atoms with E-state index < -0.39 is 5.91 Å². The van der Waals surface area contributed by atoms with E-state index in [4.69, 9.17) is 16.7 Å². The number of nitrogens with zero attached hydrogens (tertiary/aromatic N) is 2. The Labute approximate surface area is 202 Å². The molecule has 8 nitrogen and oxygen atoms in total. The van der Waals surface area contributed by atoms with Crippen LogP contribution in [0.25, 0.3) is 0 Å². The summed E-state index contributed by atoms with van der Waals surface area (Å²) in [6.45, 7) is 1.28. The van der Waals surface area contributed by atoms with Crippen molar-refractivity contribution in [3.63, 3.8) is 0 Å². The smallest absolute Gasteiger partial charge is 0.273 e. The number of anilines is 1. The summed E-state index contributed by atoms with van der Waals surface area (Å²) < 4.78 is 0. The summed E-state index contributed by atoms with van der Waals surface area (Å²) in [6, 6.07) is 18.0. The molecule has 3 aromatic rings. The molecule has 4 N–H and O–H groups in total. The first-order valence-electron chi connectivity index (χ1n) is 10.5. The van der Waals surface area contributed by atoms with Crippen LogP contribution in [0.1, 0.15) is 31.8 Å². The molecule has 0 aromatic heterocycles. The summed E-state index contributed by atoms with van der Waals surface area (Å²) >= 11 is 6.06. The highest BCUT2D eigenvalue weighted by Gasteiger charge is 2.15. The third kappa shape index (κ3) is 7.14. The third-order valence-electron chi connectivity index (χ3n) is 4.87. The van der Waals surface area contributed by atoms with Crippen LogP contribution in [0.5, 0.6) is 5.75 Å². The fraction of sp³-hybridized carbons (Fsp3) is 0.160. The number of phenolic OH excluding ortho intramolecular Hbond substituents is 1. The summed E-state index contributed by atoms with van der Waals surface area (Å²) in [7, 11) is 1.90. The number of carbonyl (C=O) groups is 2. The van der Waals surface area contributed by atoms with Crippen LogP contribution >= 0.6 is 11.6 Å². The average molecular weight is 481 g/mol. The number of aliphatic hydroxyl groups is 1. The van der Waals surface area contributed by atoms with Gasteiger partial charge < -0.3 is 15.5 Å². The standard InChI is InChI=1S/C25H25ClN4O4/c1-30(11-12-31)16-17-5-7-19(8-6-17)24(33)28-23-10-9-20(26)14-22(23)25(34)29-27-15-18-3-2-4-21(32)13-18/h2-10,13-15,31-32H,11-12,16H2,1H3,(H,28,33)(H,29,34). The highest BCUT2D eigenvalue weighted by atomic mass is 35.5. The molecule has 0 saturated heterocycles. The summed E-state index contributed by atoms with van der Waals surface area (Å²) in [4.78, 5) is 27.4. The van der Waals surface area contributed by atoms with E-state index in [0.29, 0.717) is 29.2 Å². The fourth-order valence-electron chi connectivity index (χ4n) is 3.16. The van der Waals surface area contributed by atoms with Gasteiger partial charge in [-0.15, -0.1) is 0 Å². The van der Waals surface area contributed by atoms with Gasteiger partial charge in [-0.2, -0.15) is 5.10 Å². The molecule has 0 aliphatic carbocycles. The maximum atomic E-state index is 12.8. The van der Waals surface area contributed by atoms with Gasteiger partial charge in [0.2, 0.25) is 0 Å². The van der Waals surface area contributed by atoms with Crippen molar-refractivity contribution in [1.29, 1.82) is 0 Å². The number of hydrogen-bond acceptors (Lipinski definition) is 6. The molecule has 176 valence electrons. The van der Waals surface area contributed by atoms with E-state index in [1.165, 1.54) is 24.4 Å². The number of carbonyl (C=O) groups excluding carboxylic acids is 2. The van der Waals surface area contributed by atoms with Gasteiger partial charge in [0.15, 0.2) is 0 Å². The van der Waals surface area contributed by atoms with Crippen LogP contribution in [0, 0.1) is 0 Å². The van der Waals surface area contributed by atoms with E-state index in [2.05, 4.69) is 15.8 Å². The molecule has 0 unspecified atom stereocenters. The van der Waals surface area contributed by atoms with Crippen molar-refractivity contribution in [2.24, 2.45) is 5.10 Å². The predicted molar refractivity (Wildman–Crippen MR) is 132 cm³/mol. The lowest BCUT2D eigenvalue weighted by Gasteiger charge is -2.15.